The van der Waals surface area contributed by atoms with Gasteiger partial charge in [0.15, 0.2) is 18.1 Å². The number of hydrogen-bond donors (Lipinski definition) is 1. The molecule has 120 valence electrons. The van der Waals surface area contributed by atoms with E-state index in [1.54, 1.807) is 18.2 Å². The molecule has 0 spiro atoms. The van der Waals surface area contributed by atoms with Crippen LogP contribution in [0.2, 0.25) is 0 Å². The second-order valence-electron chi connectivity index (χ2n) is 5.16. The Morgan fingerprint density at radius 1 is 1.09 bits per heavy atom. The van der Waals surface area contributed by atoms with E-state index in [1.807, 2.05) is 32.0 Å². The number of ether oxygens (including phenoxy) is 2. The number of amides is 1. The van der Waals surface area contributed by atoms with Gasteiger partial charge in [0, 0.05) is 11.3 Å². The molecule has 5 nitrogen and oxygen atoms in total. The number of rotatable bonds is 6. The van der Waals surface area contributed by atoms with Gasteiger partial charge in [-0.2, -0.15) is 0 Å². The molecule has 2 aromatic carbocycles. The van der Waals surface area contributed by atoms with E-state index in [9.17, 15) is 9.59 Å². The summed E-state index contributed by atoms with van der Waals surface area (Å²) >= 11 is 0. The van der Waals surface area contributed by atoms with Crippen LogP contribution in [-0.2, 0) is 4.79 Å². The average Bonchev–Trinajstić information content (AvgIpc) is 2.56. The van der Waals surface area contributed by atoms with Gasteiger partial charge in [0.05, 0.1) is 7.11 Å². The summed E-state index contributed by atoms with van der Waals surface area (Å²) in [7, 11) is 1.48. The fourth-order valence-corrected chi connectivity index (χ4v) is 2.04. The summed E-state index contributed by atoms with van der Waals surface area (Å²) in [6, 6.07) is 10.5. The molecule has 0 aromatic heterocycles. The molecule has 1 amide bonds. The Hall–Kier alpha value is -2.82. The van der Waals surface area contributed by atoms with Crippen molar-refractivity contribution < 1.29 is 19.1 Å². The normalized spacial score (nSPS) is 10.0. The number of benzene rings is 2. The third kappa shape index (κ3) is 4.32. The average molecular weight is 313 g/mol. The van der Waals surface area contributed by atoms with Crippen molar-refractivity contribution in [3.05, 3.63) is 53.1 Å². The van der Waals surface area contributed by atoms with Crippen LogP contribution in [0.1, 0.15) is 21.5 Å². The molecule has 0 fully saturated rings. The first-order valence-corrected chi connectivity index (χ1v) is 7.16. The minimum atomic E-state index is -0.269. The summed E-state index contributed by atoms with van der Waals surface area (Å²) in [5.74, 6) is 0.552. The first kappa shape index (κ1) is 16.5. The van der Waals surface area contributed by atoms with E-state index in [1.165, 1.54) is 12.7 Å². The molecule has 2 aromatic rings. The summed E-state index contributed by atoms with van der Waals surface area (Å²) in [6.07, 6.45) is 0.721. The summed E-state index contributed by atoms with van der Waals surface area (Å²) < 4.78 is 10.6. The highest BCUT2D eigenvalue weighted by Crippen LogP contribution is 2.27. The third-order valence-corrected chi connectivity index (χ3v) is 3.47. The van der Waals surface area contributed by atoms with Crippen molar-refractivity contribution in [3.63, 3.8) is 0 Å². The minimum Gasteiger partial charge on any atom is -0.493 e. The van der Waals surface area contributed by atoms with Crippen LogP contribution in [0.4, 0.5) is 5.69 Å². The van der Waals surface area contributed by atoms with Crippen LogP contribution < -0.4 is 14.8 Å². The van der Waals surface area contributed by atoms with E-state index in [0.717, 1.165) is 17.5 Å². The molecule has 0 heterocycles. The van der Waals surface area contributed by atoms with Gasteiger partial charge in [0.2, 0.25) is 0 Å². The summed E-state index contributed by atoms with van der Waals surface area (Å²) in [6.45, 7) is 3.85. The van der Waals surface area contributed by atoms with Crippen LogP contribution in [0, 0.1) is 13.8 Å². The molecule has 5 heteroatoms. The Labute approximate surface area is 135 Å². The molecule has 1 N–H and O–H groups in total. The van der Waals surface area contributed by atoms with Crippen LogP contribution in [0.25, 0.3) is 0 Å². The Morgan fingerprint density at radius 3 is 2.52 bits per heavy atom. The minimum absolute atomic E-state index is 0.149. The quantitative estimate of drug-likeness (QED) is 0.832. The lowest BCUT2D eigenvalue weighted by Gasteiger charge is -2.11. The molecule has 0 aliphatic heterocycles. The highest BCUT2D eigenvalue weighted by atomic mass is 16.5. The van der Waals surface area contributed by atoms with Crippen LogP contribution in [0.15, 0.2) is 36.4 Å². The Kier molecular flexibility index (Phi) is 5.36. The van der Waals surface area contributed by atoms with E-state index >= 15 is 0 Å². The van der Waals surface area contributed by atoms with E-state index in [-0.39, 0.29) is 12.5 Å². The lowest BCUT2D eigenvalue weighted by Crippen LogP contribution is -2.20. The number of nitrogens with one attached hydrogen (secondary N) is 1. The van der Waals surface area contributed by atoms with E-state index in [0.29, 0.717) is 17.1 Å². The zero-order chi connectivity index (χ0) is 16.8. The van der Waals surface area contributed by atoms with Crippen molar-refractivity contribution in [2.75, 3.05) is 19.0 Å². The SMILES string of the molecule is COc1cc(C=O)ccc1OCC(=O)Nc1ccc(C)c(C)c1. The van der Waals surface area contributed by atoms with Crippen molar-refractivity contribution in [1.82, 2.24) is 0 Å². The number of carbonyl (C=O) groups excluding carboxylic acids is 2. The zero-order valence-electron chi connectivity index (χ0n) is 13.4. The molecule has 0 atom stereocenters. The highest BCUT2D eigenvalue weighted by molar-refractivity contribution is 5.92. The van der Waals surface area contributed by atoms with Gasteiger partial charge in [-0.15, -0.1) is 0 Å². The largest absolute Gasteiger partial charge is 0.493 e. The second-order valence-corrected chi connectivity index (χ2v) is 5.16. The molecule has 0 saturated heterocycles. The van der Waals surface area contributed by atoms with Gasteiger partial charge in [-0.05, 0) is 55.3 Å². The van der Waals surface area contributed by atoms with Crippen molar-refractivity contribution in [1.29, 1.82) is 0 Å². The molecular formula is C18H19NO4. The molecule has 23 heavy (non-hydrogen) atoms. The molecule has 0 unspecified atom stereocenters. The second kappa shape index (κ2) is 7.45. The molecule has 0 radical (unpaired) electrons. The van der Waals surface area contributed by atoms with Crippen molar-refractivity contribution in [2.24, 2.45) is 0 Å². The molecule has 0 saturated carbocycles. The summed E-state index contributed by atoms with van der Waals surface area (Å²) in [5, 5.41) is 2.78. The van der Waals surface area contributed by atoms with E-state index in [2.05, 4.69) is 5.32 Å². The maximum atomic E-state index is 12.0. The van der Waals surface area contributed by atoms with Gasteiger partial charge in [0.1, 0.15) is 6.29 Å². The van der Waals surface area contributed by atoms with Gasteiger partial charge in [-0.3, -0.25) is 9.59 Å². The predicted octanol–water partition coefficient (Wildman–Crippen LogP) is 3.14. The number of hydrogen-bond acceptors (Lipinski definition) is 4. The van der Waals surface area contributed by atoms with Gasteiger partial charge in [0.25, 0.3) is 5.91 Å². The maximum Gasteiger partial charge on any atom is 0.262 e. The fraction of sp³-hybridized carbons (Fsp3) is 0.222. The highest BCUT2D eigenvalue weighted by Gasteiger charge is 2.09. The van der Waals surface area contributed by atoms with Crippen LogP contribution in [-0.4, -0.2) is 25.9 Å². The summed E-state index contributed by atoms with van der Waals surface area (Å²) in [4.78, 5) is 22.7. The van der Waals surface area contributed by atoms with Crippen LogP contribution in [0.5, 0.6) is 11.5 Å². The van der Waals surface area contributed by atoms with Gasteiger partial charge in [-0.25, -0.2) is 0 Å². The van der Waals surface area contributed by atoms with Crippen molar-refractivity contribution in [3.8, 4) is 11.5 Å². The van der Waals surface area contributed by atoms with E-state index in [4.69, 9.17) is 9.47 Å². The topological polar surface area (TPSA) is 64.6 Å². The molecule has 0 aliphatic rings. The molecular weight excluding hydrogens is 294 g/mol. The van der Waals surface area contributed by atoms with Gasteiger partial charge < -0.3 is 14.8 Å². The number of methoxy groups -OCH3 is 1. The van der Waals surface area contributed by atoms with Gasteiger partial charge >= 0.3 is 0 Å². The molecule has 0 aliphatic carbocycles. The maximum absolute atomic E-state index is 12.0. The number of carbonyl (C=O) groups is 2. The lowest BCUT2D eigenvalue weighted by atomic mass is 10.1. The standard InChI is InChI=1S/C18H19NO4/c1-12-4-6-15(8-13(12)2)19-18(21)11-23-16-7-5-14(10-20)9-17(16)22-3/h4-10H,11H2,1-3H3,(H,19,21). The third-order valence-electron chi connectivity index (χ3n) is 3.47. The smallest absolute Gasteiger partial charge is 0.262 e. The van der Waals surface area contributed by atoms with Crippen LogP contribution in [0.3, 0.4) is 0 Å². The molecule has 2 rings (SSSR count). The van der Waals surface area contributed by atoms with Crippen molar-refractivity contribution in [2.45, 2.75) is 13.8 Å². The Morgan fingerprint density at radius 2 is 1.87 bits per heavy atom. The van der Waals surface area contributed by atoms with Crippen molar-refractivity contribution >= 4 is 17.9 Å². The van der Waals surface area contributed by atoms with Gasteiger partial charge in [-0.1, -0.05) is 6.07 Å². The predicted molar refractivity (Wildman–Crippen MR) is 88.4 cm³/mol. The Bertz CT molecular complexity index is 725. The molecule has 0 bridgehead atoms. The fourth-order valence-electron chi connectivity index (χ4n) is 2.04. The number of aldehydes is 1. The first-order chi connectivity index (χ1) is 11.0. The monoisotopic (exact) mass is 313 g/mol. The zero-order valence-corrected chi connectivity index (χ0v) is 13.4. The van der Waals surface area contributed by atoms with Crippen LogP contribution >= 0.6 is 0 Å². The van der Waals surface area contributed by atoms with E-state index < -0.39 is 0 Å². The first-order valence-electron chi connectivity index (χ1n) is 7.16. The lowest BCUT2D eigenvalue weighted by molar-refractivity contribution is -0.118. The summed E-state index contributed by atoms with van der Waals surface area (Å²) in [5.41, 5.74) is 3.48. The number of anilines is 1. The Balaban J connectivity index is 1.98. The number of aryl methyl sites for hydroxylation is 2.